The van der Waals surface area contributed by atoms with Crippen molar-refractivity contribution in [3.8, 4) is 0 Å². The molecule has 0 saturated carbocycles. The Kier molecular flexibility index (Phi) is 6.96. The topological polar surface area (TPSA) is 92.8 Å². The van der Waals surface area contributed by atoms with Crippen molar-refractivity contribution in [2.45, 2.75) is 17.5 Å². The van der Waals surface area contributed by atoms with Crippen molar-refractivity contribution < 1.29 is 35.9 Å². The first kappa shape index (κ1) is 25.5. The summed E-state index contributed by atoms with van der Waals surface area (Å²) in [5.74, 6) is -1.87. The number of benzene rings is 3. The number of fused-ring (bicyclic) bond motifs is 1. The van der Waals surface area contributed by atoms with Gasteiger partial charge < -0.3 is 10.1 Å². The normalized spacial score (nSPS) is 13.3. The van der Waals surface area contributed by atoms with Crippen LogP contribution in [0.25, 0.3) is 0 Å². The van der Waals surface area contributed by atoms with Crippen molar-refractivity contribution in [2.24, 2.45) is 0 Å². The van der Waals surface area contributed by atoms with Crippen LogP contribution in [0.2, 0.25) is 5.02 Å². The maximum atomic E-state index is 13.2. The molecule has 0 aromatic heterocycles. The van der Waals surface area contributed by atoms with Crippen LogP contribution in [0.15, 0.2) is 71.6 Å². The van der Waals surface area contributed by atoms with Gasteiger partial charge in [0, 0.05) is 12.2 Å². The van der Waals surface area contributed by atoms with Gasteiger partial charge >= 0.3 is 12.1 Å². The van der Waals surface area contributed by atoms with Crippen LogP contribution in [-0.4, -0.2) is 33.4 Å². The number of para-hydroxylation sites is 1. The average molecular weight is 539 g/mol. The molecular formula is C24H18ClF3N2O5S. The van der Waals surface area contributed by atoms with E-state index in [1.807, 2.05) is 12.1 Å². The summed E-state index contributed by atoms with van der Waals surface area (Å²) in [7, 11) is -3.96. The third-order valence-electron chi connectivity index (χ3n) is 5.39. The smallest absolute Gasteiger partial charge is 0.417 e. The van der Waals surface area contributed by atoms with E-state index in [2.05, 4.69) is 5.32 Å². The zero-order valence-corrected chi connectivity index (χ0v) is 20.0. The van der Waals surface area contributed by atoms with E-state index in [0.29, 0.717) is 18.2 Å². The van der Waals surface area contributed by atoms with Crippen LogP contribution in [0, 0.1) is 0 Å². The van der Waals surface area contributed by atoms with Crippen molar-refractivity contribution in [1.29, 1.82) is 0 Å². The molecule has 1 N–H and O–H groups in total. The molecular weight excluding hydrogens is 521 g/mol. The molecule has 4 rings (SSSR count). The highest BCUT2D eigenvalue weighted by atomic mass is 35.5. The first-order chi connectivity index (χ1) is 17.0. The fourth-order valence-corrected chi connectivity index (χ4v) is 5.47. The van der Waals surface area contributed by atoms with Gasteiger partial charge in [-0.05, 0) is 54.4 Å². The number of ether oxygens (including phenoxy) is 1. The van der Waals surface area contributed by atoms with Crippen molar-refractivity contribution in [3.05, 3.63) is 88.4 Å². The number of carbonyl (C=O) groups is 2. The van der Waals surface area contributed by atoms with Crippen molar-refractivity contribution >= 4 is 44.9 Å². The molecule has 0 bridgehead atoms. The Hall–Kier alpha value is -3.57. The van der Waals surface area contributed by atoms with E-state index < -0.39 is 45.3 Å². The number of nitrogens with one attached hydrogen (secondary N) is 1. The van der Waals surface area contributed by atoms with E-state index in [0.717, 1.165) is 17.7 Å². The number of alkyl halides is 3. The Labute approximate surface area is 209 Å². The zero-order chi connectivity index (χ0) is 26.1. The number of sulfonamides is 1. The highest BCUT2D eigenvalue weighted by Crippen LogP contribution is 2.36. The van der Waals surface area contributed by atoms with Crippen molar-refractivity contribution in [1.82, 2.24) is 0 Å². The summed E-state index contributed by atoms with van der Waals surface area (Å²) in [6, 6.07) is 15.1. The zero-order valence-electron chi connectivity index (χ0n) is 18.4. The predicted molar refractivity (Wildman–Crippen MR) is 126 cm³/mol. The Balaban J connectivity index is 1.43. The monoisotopic (exact) mass is 538 g/mol. The highest BCUT2D eigenvalue weighted by molar-refractivity contribution is 7.92. The van der Waals surface area contributed by atoms with E-state index in [-0.39, 0.29) is 22.7 Å². The van der Waals surface area contributed by atoms with Gasteiger partial charge in [-0.15, -0.1) is 0 Å². The number of amides is 1. The second-order valence-corrected chi connectivity index (χ2v) is 10.1. The van der Waals surface area contributed by atoms with Crippen LogP contribution >= 0.6 is 11.6 Å². The number of hydrogen-bond donors (Lipinski definition) is 1. The van der Waals surface area contributed by atoms with Crippen LogP contribution < -0.4 is 9.62 Å². The molecule has 1 aliphatic rings. The van der Waals surface area contributed by atoms with E-state index in [9.17, 15) is 31.2 Å². The lowest BCUT2D eigenvalue weighted by molar-refractivity contribution is -0.137. The van der Waals surface area contributed by atoms with Gasteiger partial charge in [0.2, 0.25) is 0 Å². The largest absolute Gasteiger partial charge is 0.452 e. The van der Waals surface area contributed by atoms with E-state index in [1.54, 1.807) is 12.1 Å². The maximum absolute atomic E-state index is 13.2. The third kappa shape index (κ3) is 5.31. The second-order valence-electron chi connectivity index (χ2n) is 7.80. The molecule has 0 fully saturated rings. The van der Waals surface area contributed by atoms with Gasteiger partial charge in [-0.3, -0.25) is 9.10 Å². The van der Waals surface area contributed by atoms with E-state index >= 15 is 0 Å². The molecule has 188 valence electrons. The summed E-state index contributed by atoms with van der Waals surface area (Å²) in [5, 5.41) is 1.66. The molecule has 7 nitrogen and oxygen atoms in total. The summed E-state index contributed by atoms with van der Waals surface area (Å²) in [5.41, 5.74) is 0.0373. The number of nitrogens with zero attached hydrogens (tertiary/aromatic N) is 1. The molecule has 0 atom stereocenters. The van der Waals surface area contributed by atoms with Gasteiger partial charge in [0.05, 0.1) is 26.7 Å². The molecule has 0 spiro atoms. The van der Waals surface area contributed by atoms with Crippen LogP contribution in [-0.2, 0) is 32.2 Å². The van der Waals surface area contributed by atoms with Gasteiger partial charge in [0.15, 0.2) is 6.61 Å². The fraction of sp³-hybridized carbons (Fsp3) is 0.167. The Morgan fingerprint density at radius 1 is 1.03 bits per heavy atom. The minimum atomic E-state index is -4.72. The quantitative estimate of drug-likeness (QED) is 0.450. The van der Waals surface area contributed by atoms with E-state index in [4.69, 9.17) is 16.3 Å². The van der Waals surface area contributed by atoms with Gasteiger partial charge in [0.25, 0.3) is 15.9 Å². The maximum Gasteiger partial charge on any atom is 0.417 e. The summed E-state index contributed by atoms with van der Waals surface area (Å²) in [6.07, 6.45) is -4.16. The Morgan fingerprint density at radius 3 is 2.53 bits per heavy atom. The average Bonchev–Trinajstić information content (AvgIpc) is 3.28. The standard InChI is InChI=1S/C24H18ClF3N2O5S/c25-20-9-8-17(13-19(20)24(26,27)28)29-22(31)14-35-23(32)16-5-3-6-18(12-16)36(33,34)30-11-10-15-4-1-2-7-21(15)30/h1-9,12-13H,10-11,14H2,(H,29,31). The Bertz CT molecular complexity index is 1440. The fourth-order valence-electron chi connectivity index (χ4n) is 3.70. The van der Waals surface area contributed by atoms with Crippen LogP contribution in [0.5, 0.6) is 0 Å². The van der Waals surface area contributed by atoms with Gasteiger partial charge in [-0.1, -0.05) is 35.9 Å². The molecule has 36 heavy (non-hydrogen) atoms. The molecule has 3 aromatic rings. The number of rotatable bonds is 6. The minimum absolute atomic E-state index is 0.109. The number of hydrogen-bond acceptors (Lipinski definition) is 5. The van der Waals surface area contributed by atoms with Gasteiger partial charge in [-0.25, -0.2) is 13.2 Å². The first-order valence-electron chi connectivity index (χ1n) is 10.5. The Morgan fingerprint density at radius 2 is 1.78 bits per heavy atom. The van der Waals surface area contributed by atoms with Crippen molar-refractivity contribution in [2.75, 3.05) is 22.8 Å². The highest BCUT2D eigenvalue weighted by Gasteiger charge is 2.34. The third-order valence-corrected chi connectivity index (χ3v) is 7.53. The van der Waals surface area contributed by atoms with Gasteiger partial charge in [0.1, 0.15) is 0 Å². The van der Waals surface area contributed by atoms with Crippen LogP contribution in [0.3, 0.4) is 0 Å². The summed E-state index contributed by atoms with van der Waals surface area (Å²) < 4.78 is 71.5. The number of carbonyl (C=O) groups excluding carboxylic acids is 2. The van der Waals surface area contributed by atoms with Crippen molar-refractivity contribution in [3.63, 3.8) is 0 Å². The van der Waals surface area contributed by atoms with Gasteiger partial charge in [-0.2, -0.15) is 13.2 Å². The van der Waals surface area contributed by atoms with Crippen LogP contribution in [0.4, 0.5) is 24.5 Å². The van der Waals surface area contributed by atoms with Crippen LogP contribution in [0.1, 0.15) is 21.5 Å². The summed E-state index contributed by atoms with van der Waals surface area (Å²) in [4.78, 5) is 24.4. The number of esters is 1. The predicted octanol–water partition coefficient (Wildman–Crippen LogP) is 4.91. The molecule has 1 aliphatic heterocycles. The lowest BCUT2D eigenvalue weighted by Crippen LogP contribution is -2.29. The molecule has 1 heterocycles. The summed E-state index contributed by atoms with van der Waals surface area (Å²) >= 11 is 5.55. The lowest BCUT2D eigenvalue weighted by Gasteiger charge is -2.19. The molecule has 12 heteroatoms. The number of halogens is 4. The second kappa shape index (κ2) is 9.82. The number of anilines is 2. The van der Waals surface area contributed by atoms with E-state index in [1.165, 1.54) is 28.6 Å². The molecule has 1 amide bonds. The minimum Gasteiger partial charge on any atom is -0.452 e. The molecule has 0 unspecified atom stereocenters. The summed E-state index contributed by atoms with van der Waals surface area (Å²) in [6.45, 7) is -0.545. The molecule has 0 saturated heterocycles. The first-order valence-corrected chi connectivity index (χ1v) is 12.3. The SMILES string of the molecule is O=C(COC(=O)c1cccc(S(=O)(=O)N2CCc3ccccc32)c1)Nc1ccc(Cl)c(C(F)(F)F)c1. The molecule has 0 aliphatic carbocycles. The lowest BCUT2D eigenvalue weighted by atomic mass is 10.2. The molecule has 0 radical (unpaired) electrons. The molecule has 3 aromatic carbocycles.